The van der Waals surface area contributed by atoms with Crippen LogP contribution in [0.4, 0.5) is 0 Å². The summed E-state index contributed by atoms with van der Waals surface area (Å²) in [5.41, 5.74) is 6.05. The summed E-state index contributed by atoms with van der Waals surface area (Å²) in [4.78, 5) is 24.2. The average molecular weight is 492 g/mol. The number of hydrazine groups is 1. The van der Waals surface area contributed by atoms with Gasteiger partial charge in [-0.1, -0.05) is 65.7 Å². The highest BCUT2D eigenvalue weighted by Gasteiger charge is 2.20. The lowest BCUT2D eigenvalue weighted by Crippen LogP contribution is -2.42. The molecule has 0 fully saturated rings. The molecule has 3 aromatic rings. The Morgan fingerprint density at radius 3 is 2.19 bits per heavy atom. The third-order valence-corrected chi connectivity index (χ3v) is 6.52. The minimum absolute atomic E-state index is 0.0151. The summed E-state index contributed by atoms with van der Waals surface area (Å²) >= 11 is 11.9. The van der Waals surface area contributed by atoms with Crippen LogP contribution in [0.5, 0.6) is 0 Å². The summed E-state index contributed by atoms with van der Waals surface area (Å²) in [6.45, 7) is 0.0662. The monoisotopic (exact) mass is 491 g/mol. The highest BCUT2D eigenvalue weighted by Crippen LogP contribution is 2.23. The number of rotatable bonds is 7. The van der Waals surface area contributed by atoms with E-state index in [0.29, 0.717) is 10.6 Å². The number of hydrogen-bond acceptors (Lipinski definition) is 4. The minimum atomic E-state index is -3.98. The van der Waals surface area contributed by atoms with Crippen molar-refractivity contribution in [1.82, 2.24) is 15.6 Å². The summed E-state index contributed by atoms with van der Waals surface area (Å²) in [6.07, 6.45) is 0.0289. The highest BCUT2D eigenvalue weighted by atomic mass is 35.5. The van der Waals surface area contributed by atoms with Crippen LogP contribution in [-0.2, 0) is 27.8 Å². The van der Waals surface area contributed by atoms with Crippen LogP contribution in [0.2, 0.25) is 10.0 Å². The van der Waals surface area contributed by atoms with Crippen LogP contribution in [-0.4, -0.2) is 20.2 Å². The Balaban J connectivity index is 1.64. The lowest BCUT2D eigenvalue weighted by Gasteiger charge is -2.11. The van der Waals surface area contributed by atoms with Gasteiger partial charge in [-0.05, 0) is 41.5 Å². The van der Waals surface area contributed by atoms with Gasteiger partial charge < -0.3 is 0 Å². The van der Waals surface area contributed by atoms with Crippen molar-refractivity contribution in [3.05, 3.63) is 99.5 Å². The lowest BCUT2D eigenvalue weighted by molar-refractivity contribution is -0.121. The highest BCUT2D eigenvalue weighted by molar-refractivity contribution is 7.89. The Kier molecular flexibility index (Phi) is 7.87. The van der Waals surface area contributed by atoms with E-state index in [9.17, 15) is 18.0 Å². The van der Waals surface area contributed by atoms with Gasteiger partial charge in [0.2, 0.25) is 15.9 Å². The number of hydrogen-bond donors (Lipinski definition) is 3. The van der Waals surface area contributed by atoms with E-state index in [1.807, 2.05) is 6.07 Å². The van der Waals surface area contributed by atoms with E-state index >= 15 is 0 Å². The molecule has 0 unspecified atom stereocenters. The maximum Gasteiger partial charge on any atom is 0.269 e. The predicted molar refractivity (Wildman–Crippen MR) is 123 cm³/mol. The second-order valence-electron chi connectivity index (χ2n) is 6.76. The molecule has 0 aliphatic rings. The topological polar surface area (TPSA) is 104 Å². The first kappa shape index (κ1) is 23.7. The average Bonchev–Trinajstić information content (AvgIpc) is 2.78. The Hall–Kier alpha value is -2.91. The fourth-order valence-electron chi connectivity index (χ4n) is 2.73. The maximum absolute atomic E-state index is 12.7. The van der Waals surface area contributed by atoms with Gasteiger partial charge in [0.25, 0.3) is 5.91 Å². The van der Waals surface area contributed by atoms with Crippen molar-refractivity contribution in [3.8, 4) is 0 Å². The van der Waals surface area contributed by atoms with E-state index in [2.05, 4.69) is 15.6 Å². The Morgan fingerprint density at radius 2 is 1.50 bits per heavy atom. The van der Waals surface area contributed by atoms with Crippen molar-refractivity contribution in [2.24, 2.45) is 0 Å². The predicted octanol–water partition coefficient (Wildman–Crippen LogP) is 3.48. The molecule has 0 aromatic heterocycles. The number of halogens is 2. The quantitative estimate of drug-likeness (QED) is 0.440. The Labute approximate surface area is 195 Å². The van der Waals surface area contributed by atoms with E-state index < -0.39 is 21.8 Å². The summed E-state index contributed by atoms with van der Waals surface area (Å²) in [7, 11) is -3.98. The molecule has 0 heterocycles. The fourth-order valence-corrected chi connectivity index (χ4v) is 4.40. The van der Waals surface area contributed by atoms with Gasteiger partial charge in [-0.15, -0.1) is 0 Å². The van der Waals surface area contributed by atoms with Gasteiger partial charge in [0, 0.05) is 17.1 Å². The molecule has 0 saturated heterocycles. The standard InChI is InChI=1S/C22H19Cl2N3O4S/c23-18-9-6-15(7-10-18)12-21(28)26-27-22(29)17-8-11-19(24)20(13-17)32(30,31)25-14-16-4-2-1-3-5-16/h1-11,13,25H,12,14H2,(H,26,28)(H,27,29). The van der Waals surface area contributed by atoms with Crippen molar-refractivity contribution in [1.29, 1.82) is 0 Å². The minimum Gasteiger partial charge on any atom is -0.273 e. The third-order valence-electron chi connectivity index (χ3n) is 4.39. The van der Waals surface area contributed by atoms with Crippen molar-refractivity contribution < 1.29 is 18.0 Å². The van der Waals surface area contributed by atoms with E-state index in [1.165, 1.54) is 12.1 Å². The van der Waals surface area contributed by atoms with E-state index in [4.69, 9.17) is 23.2 Å². The maximum atomic E-state index is 12.7. The summed E-state index contributed by atoms with van der Waals surface area (Å²) in [5.74, 6) is -1.14. The van der Waals surface area contributed by atoms with Crippen LogP contribution in [0.15, 0.2) is 77.7 Å². The molecule has 7 nitrogen and oxygen atoms in total. The van der Waals surface area contributed by atoms with Crippen LogP contribution in [0.25, 0.3) is 0 Å². The van der Waals surface area contributed by atoms with Gasteiger partial charge in [-0.25, -0.2) is 13.1 Å². The number of sulfonamides is 1. The fraction of sp³-hybridized carbons (Fsp3) is 0.0909. The van der Waals surface area contributed by atoms with E-state index in [0.717, 1.165) is 11.6 Å². The van der Waals surface area contributed by atoms with Crippen LogP contribution in [0, 0.1) is 0 Å². The zero-order valence-corrected chi connectivity index (χ0v) is 19.0. The third kappa shape index (κ3) is 6.54. The first-order chi connectivity index (χ1) is 15.2. The molecule has 2 amide bonds. The Bertz CT molecular complexity index is 1220. The molecule has 0 bridgehead atoms. The summed E-state index contributed by atoms with van der Waals surface area (Å²) in [6, 6.07) is 19.5. The van der Waals surface area contributed by atoms with Crippen molar-refractivity contribution in [3.63, 3.8) is 0 Å². The second kappa shape index (κ2) is 10.6. The van der Waals surface area contributed by atoms with Crippen LogP contribution in [0.1, 0.15) is 21.5 Å². The molecular weight excluding hydrogens is 473 g/mol. The number of carbonyl (C=O) groups is 2. The molecule has 0 atom stereocenters. The molecule has 3 aromatic carbocycles. The van der Waals surface area contributed by atoms with Crippen LogP contribution in [0.3, 0.4) is 0 Å². The molecule has 0 spiro atoms. The molecule has 3 N–H and O–H groups in total. The number of amides is 2. The van der Waals surface area contributed by atoms with Crippen LogP contribution >= 0.6 is 23.2 Å². The number of benzene rings is 3. The molecular formula is C22H19Cl2N3O4S. The number of nitrogens with one attached hydrogen (secondary N) is 3. The summed E-state index contributed by atoms with van der Waals surface area (Å²) in [5, 5.41) is 0.517. The summed E-state index contributed by atoms with van der Waals surface area (Å²) < 4.78 is 27.8. The van der Waals surface area contributed by atoms with Crippen molar-refractivity contribution in [2.75, 3.05) is 0 Å². The van der Waals surface area contributed by atoms with Crippen molar-refractivity contribution in [2.45, 2.75) is 17.9 Å². The lowest BCUT2D eigenvalue weighted by atomic mass is 10.1. The van der Waals surface area contributed by atoms with Gasteiger partial charge in [0.1, 0.15) is 4.90 Å². The van der Waals surface area contributed by atoms with E-state index in [-0.39, 0.29) is 28.4 Å². The van der Waals surface area contributed by atoms with Crippen LogP contribution < -0.4 is 15.6 Å². The molecule has 0 radical (unpaired) electrons. The van der Waals surface area contributed by atoms with Gasteiger partial charge in [0.15, 0.2) is 0 Å². The Morgan fingerprint density at radius 1 is 0.812 bits per heavy atom. The van der Waals surface area contributed by atoms with Gasteiger partial charge in [0.05, 0.1) is 11.4 Å². The molecule has 10 heteroatoms. The van der Waals surface area contributed by atoms with Gasteiger partial charge in [-0.3, -0.25) is 20.4 Å². The van der Waals surface area contributed by atoms with Gasteiger partial charge in [-0.2, -0.15) is 0 Å². The largest absolute Gasteiger partial charge is 0.273 e. The number of carbonyl (C=O) groups excluding carboxylic acids is 2. The molecule has 0 aliphatic carbocycles. The molecule has 32 heavy (non-hydrogen) atoms. The van der Waals surface area contributed by atoms with Gasteiger partial charge >= 0.3 is 0 Å². The zero-order chi connectivity index (χ0) is 23.1. The first-order valence-corrected chi connectivity index (χ1v) is 11.7. The zero-order valence-electron chi connectivity index (χ0n) is 16.6. The molecule has 166 valence electrons. The normalized spacial score (nSPS) is 11.1. The molecule has 0 aliphatic heterocycles. The second-order valence-corrected chi connectivity index (χ2v) is 9.34. The SMILES string of the molecule is O=C(Cc1ccc(Cl)cc1)NNC(=O)c1ccc(Cl)c(S(=O)(=O)NCc2ccccc2)c1. The molecule has 3 rings (SSSR count). The first-order valence-electron chi connectivity index (χ1n) is 9.41. The smallest absolute Gasteiger partial charge is 0.269 e. The van der Waals surface area contributed by atoms with E-state index in [1.54, 1.807) is 48.5 Å². The molecule has 0 saturated carbocycles. The van der Waals surface area contributed by atoms with Crippen molar-refractivity contribution >= 4 is 45.0 Å².